The zero-order valence-corrected chi connectivity index (χ0v) is 25.6. The van der Waals surface area contributed by atoms with E-state index in [1.54, 1.807) is 0 Å². The van der Waals surface area contributed by atoms with Crippen molar-refractivity contribution in [3.8, 4) is 28.1 Å². The predicted octanol–water partition coefficient (Wildman–Crippen LogP) is 12.2. The van der Waals surface area contributed by atoms with Crippen molar-refractivity contribution >= 4 is 75.0 Å². The molecule has 0 saturated heterocycles. The minimum absolute atomic E-state index is 0.999. The second-order valence-electron chi connectivity index (χ2n) is 11.9. The van der Waals surface area contributed by atoms with E-state index in [1.165, 1.54) is 58.5 Å². The summed E-state index contributed by atoms with van der Waals surface area (Å²) in [6.45, 7) is 0. The third kappa shape index (κ3) is 3.67. The van der Waals surface area contributed by atoms with Crippen LogP contribution >= 0.6 is 11.3 Å². The zero-order valence-electron chi connectivity index (χ0n) is 24.8. The highest BCUT2D eigenvalue weighted by molar-refractivity contribution is 7.26. The molecule has 0 unspecified atom stereocenters. The Kier molecular flexibility index (Phi) is 5.48. The fourth-order valence-electron chi connectivity index (χ4n) is 7.36. The summed E-state index contributed by atoms with van der Waals surface area (Å²) >= 11 is 1.87. The molecule has 46 heavy (non-hydrogen) atoms. The van der Waals surface area contributed by atoms with Crippen LogP contribution in [0.4, 0.5) is 0 Å². The van der Waals surface area contributed by atoms with Crippen LogP contribution in [0.3, 0.4) is 0 Å². The Balaban J connectivity index is 1.29. The monoisotopic (exact) mass is 602 g/mol. The van der Waals surface area contributed by atoms with E-state index in [0.29, 0.717) is 0 Å². The van der Waals surface area contributed by atoms with Crippen molar-refractivity contribution in [2.75, 3.05) is 0 Å². The summed E-state index contributed by atoms with van der Waals surface area (Å²) < 4.78 is 5.08. The fourth-order valence-corrected chi connectivity index (χ4v) is 8.60. The second-order valence-corrected chi connectivity index (χ2v) is 13.0. The fraction of sp³-hybridized carbons (Fsp3) is 0. The highest BCUT2D eigenvalue weighted by atomic mass is 32.1. The first-order chi connectivity index (χ1) is 22.8. The topological polar surface area (TPSA) is 17.8 Å². The summed E-state index contributed by atoms with van der Waals surface area (Å²) in [5.41, 5.74) is 9.17. The van der Waals surface area contributed by atoms with Gasteiger partial charge in [0.15, 0.2) is 0 Å². The van der Waals surface area contributed by atoms with Gasteiger partial charge in [0.25, 0.3) is 0 Å². The summed E-state index contributed by atoms with van der Waals surface area (Å²) in [4.78, 5) is 5.36. The van der Waals surface area contributed by atoms with E-state index in [4.69, 9.17) is 4.98 Å². The number of nitrogens with zero attached hydrogens (tertiary/aromatic N) is 2. The smallest absolute Gasteiger partial charge is 0.0789 e. The van der Waals surface area contributed by atoms with Crippen molar-refractivity contribution in [2.45, 2.75) is 0 Å². The van der Waals surface area contributed by atoms with E-state index in [0.717, 1.165) is 33.2 Å². The second kappa shape index (κ2) is 9.87. The van der Waals surface area contributed by atoms with Gasteiger partial charge in [-0.3, -0.25) is 0 Å². The summed E-state index contributed by atoms with van der Waals surface area (Å²) in [5, 5.41) is 8.69. The molecular weight excluding hydrogens is 577 g/mol. The molecule has 7 aromatic carbocycles. The summed E-state index contributed by atoms with van der Waals surface area (Å²) in [7, 11) is 0. The number of pyridine rings is 1. The van der Waals surface area contributed by atoms with Crippen molar-refractivity contribution in [2.24, 2.45) is 0 Å². The van der Waals surface area contributed by atoms with Crippen LogP contribution in [0.15, 0.2) is 158 Å². The molecule has 3 aromatic heterocycles. The summed E-state index contributed by atoms with van der Waals surface area (Å²) in [6.07, 6.45) is 0. The Morgan fingerprint density at radius 1 is 0.478 bits per heavy atom. The van der Waals surface area contributed by atoms with Crippen LogP contribution in [-0.2, 0) is 0 Å². The van der Waals surface area contributed by atoms with E-state index >= 15 is 0 Å². The van der Waals surface area contributed by atoms with E-state index in [9.17, 15) is 0 Å². The van der Waals surface area contributed by atoms with Crippen LogP contribution in [0.5, 0.6) is 0 Å². The Bertz CT molecular complexity index is 2800. The standard InChI is InChI=1S/C43H26N2S/c1-2-14-29(15-3-1)45-38-22-8-5-16-31(38)33-24-25-36-40(42(33)45)35-18-4-7-21-37(35)44-41(36)28-13-10-12-27(26-28)30-19-11-20-34-32-17-6-9-23-39(32)46-43(30)34/h1-26H. The maximum absolute atomic E-state index is 5.36. The number of benzene rings is 7. The van der Waals surface area contributed by atoms with Gasteiger partial charge in [0, 0.05) is 58.4 Å². The van der Waals surface area contributed by atoms with Crippen molar-refractivity contribution in [3.63, 3.8) is 0 Å². The number of para-hydroxylation sites is 3. The number of hydrogen-bond donors (Lipinski definition) is 0. The maximum atomic E-state index is 5.36. The number of thiophene rings is 1. The van der Waals surface area contributed by atoms with Crippen LogP contribution in [0.2, 0.25) is 0 Å². The molecule has 0 aliphatic rings. The number of hydrogen-bond acceptors (Lipinski definition) is 2. The molecule has 10 aromatic rings. The lowest BCUT2D eigenvalue weighted by Gasteiger charge is -2.15. The molecule has 0 spiro atoms. The molecule has 0 fully saturated rings. The summed E-state index contributed by atoms with van der Waals surface area (Å²) in [5.74, 6) is 0. The number of rotatable bonds is 3. The molecule has 3 heteroatoms. The third-order valence-electron chi connectivity index (χ3n) is 9.36. The molecule has 0 saturated carbocycles. The van der Waals surface area contributed by atoms with Gasteiger partial charge in [0.1, 0.15) is 0 Å². The van der Waals surface area contributed by atoms with Gasteiger partial charge >= 0.3 is 0 Å². The van der Waals surface area contributed by atoms with Crippen molar-refractivity contribution < 1.29 is 0 Å². The number of aromatic nitrogens is 2. The van der Waals surface area contributed by atoms with E-state index in [1.807, 2.05) is 11.3 Å². The SMILES string of the molecule is c1ccc(-n2c3ccccc3c3ccc4c(-c5cccc(-c6cccc7c6sc6ccccc67)c5)nc5ccccc5c4c32)cc1. The molecule has 0 atom stereocenters. The highest BCUT2D eigenvalue weighted by Crippen LogP contribution is 2.44. The lowest BCUT2D eigenvalue weighted by Crippen LogP contribution is -1.96. The van der Waals surface area contributed by atoms with Gasteiger partial charge in [0.2, 0.25) is 0 Å². The van der Waals surface area contributed by atoms with Gasteiger partial charge in [0.05, 0.1) is 22.2 Å². The van der Waals surface area contributed by atoms with Gasteiger partial charge < -0.3 is 4.57 Å². The minimum Gasteiger partial charge on any atom is -0.309 e. The molecule has 10 rings (SSSR count). The first-order valence-electron chi connectivity index (χ1n) is 15.6. The Morgan fingerprint density at radius 2 is 1.17 bits per heavy atom. The minimum atomic E-state index is 0.999. The molecule has 0 aliphatic carbocycles. The molecule has 0 aliphatic heterocycles. The normalized spacial score (nSPS) is 11.9. The van der Waals surface area contributed by atoms with Crippen LogP contribution in [-0.4, -0.2) is 9.55 Å². The molecule has 3 heterocycles. The molecule has 0 N–H and O–H groups in total. The number of fused-ring (bicyclic) bond motifs is 10. The van der Waals surface area contributed by atoms with E-state index < -0.39 is 0 Å². The predicted molar refractivity (Wildman–Crippen MR) is 197 cm³/mol. The average Bonchev–Trinajstić information content (AvgIpc) is 3.68. The van der Waals surface area contributed by atoms with Crippen LogP contribution in [0.25, 0.3) is 91.7 Å². The Hall–Kier alpha value is -5.77. The van der Waals surface area contributed by atoms with Gasteiger partial charge in [-0.1, -0.05) is 121 Å². The lowest BCUT2D eigenvalue weighted by molar-refractivity contribution is 1.19. The van der Waals surface area contributed by atoms with Crippen LogP contribution < -0.4 is 0 Å². The van der Waals surface area contributed by atoms with E-state index in [-0.39, 0.29) is 0 Å². The first kappa shape index (κ1) is 25.5. The molecule has 214 valence electrons. The van der Waals surface area contributed by atoms with Crippen LogP contribution in [0, 0.1) is 0 Å². The van der Waals surface area contributed by atoms with Crippen molar-refractivity contribution in [1.82, 2.24) is 9.55 Å². The maximum Gasteiger partial charge on any atom is 0.0789 e. The van der Waals surface area contributed by atoms with Crippen molar-refractivity contribution in [3.05, 3.63) is 158 Å². The largest absolute Gasteiger partial charge is 0.309 e. The Morgan fingerprint density at radius 3 is 2.09 bits per heavy atom. The highest BCUT2D eigenvalue weighted by Gasteiger charge is 2.20. The molecule has 0 radical (unpaired) electrons. The Labute approximate surface area is 269 Å². The average molecular weight is 603 g/mol. The third-order valence-corrected chi connectivity index (χ3v) is 10.6. The zero-order chi connectivity index (χ0) is 30.2. The molecule has 0 amide bonds. The first-order valence-corrected chi connectivity index (χ1v) is 16.5. The van der Waals surface area contributed by atoms with Gasteiger partial charge in [-0.15, -0.1) is 11.3 Å². The van der Waals surface area contributed by atoms with Gasteiger partial charge in [-0.05, 0) is 47.5 Å². The molecule has 2 nitrogen and oxygen atoms in total. The van der Waals surface area contributed by atoms with E-state index in [2.05, 4.69) is 162 Å². The lowest BCUT2D eigenvalue weighted by atomic mass is 9.95. The quantitative estimate of drug-likeness (QED) is 0.184. The molecule has 0 bridgehead atoms. The van der Waals surface area contributed by atoms with Crippen molar-refractivity contribution in [1.29, 1.82) is 0 Å². The van der Waals surface area contributed by atoms with Gasteiger partial charge in [-0.25, -0.2) is 4.98 Å². The van der Waals surface area contributed by atoms with Gasteiger partial charge in [-0.2, -0.15) is 0 Å². The summed E-state index contributed by atoms with van der Waals surface area (Å²) in [6, 6.07) is 57.0. The van der Waals surface area contributed by atoms with Crippen LogP contribution in [0.1, 0.15) is 0 Å². The molecular formula is C43H26N2S.